The van der Waals surface area contributed by atoms with E-state index in [0.717, 1.165) is 36.3 Å². The highest BCUT2D eigenvalue weighted by Crippen LogP contribution is 2.33. The number of methoxy groups -OCH3 is 2. The Hall–Kier alpha value is -2.93. The molecule has 0 radical (unpaired) electrons. The van der Waals surface area contributed by atoms with Crippen molar-refractivity contribution in [3.63, 3.8) is 0 Å². The first kappa shape index (κ1) is 22.3. The molecule has 1 aromatic heterocycles. The fraction of sp³-hybridized carbons (Fsp3) is 0.360. The van der Waals surface area contributed by atoms with Gasteiger partial charge in [0.1, 0.15) is 5.76 Å². The van der Waals surface area contributed by atoms with Gasteiger partial charge in [0.15, 0.2) is 11.5 Å². The fourth-order valence-electron chi connectivity index (χ4n) is 4.03. The summed E-state index contributed by atoms with van der Waals surface area (Å²) < 4.78 is 16.5. The summed E-state index contributed by atoms with van der Waals surface area (Å²) in [4.78, 5) is 17.2. The molecular formula is C25H28N2O4S. The average molecular weight is 453 g/mol. The van der Waals surface area contributed by atoms with Gasteiger partial charge in [0, 0.05) is 11.3 Å². The molecular weight excluding hydrogens is 424 g/mol. The maximum absolute atomic E-state index is 12.6. The van der Waals surface area contributed by atoms with Crippen LogP contribution in [-0.4, -0.2) is 30.9 Å². The number of amides is 1. The van der Waals surface area contributed by atoms with Gasteiger partial charge in [0.25, 0.3) is 0 Å². The maximum Gasteiger partial charge on any atom is 0.230 e. The summed E-state index contributed by atoms with van der Waals surface area (Å²) in [6.45, 7) is 1.90. The normalized spacial score (nSPS) is 15.2. The number of carbonyl (C=O) groups is 1. The summed E-state index contributed by atoms with van der Waals surface area (Å²) in [6, 6.07) is 14.1. The van der Waals surface area contributed by atoms with E-state index in [9.17, 15) is 4.79 Å². The summed E-state index contributed by atoms with van der Waals surface area (Å²) in [5.41, 5.74) is 4.26. The van der Waals surface area contributed by atoms with Gasteiger partial charge in [-0.2, -0.15) is 0 Å². The molecule has 0 bridgehead atoms. The van der Waals surface area contributed by atoms with E-state index in [-0.39, 0.29) is 11.9 Å². The molecule has 1 N–H and O–H groups in total. The number of thioether (sulfide) groups is 1. The van der Waals surface area contributed by atoms with Crippen molar-refractivity contribution < 1.29 is 18.7 Å². The topological polar surface area (TPSA) is 73.6 Å². The summed E-state index contributed by atoms with van der Waals surface area (Å²) in [7, 11) is 3.20. The van der Waals surface area contributed by atoms with Gasteiger partial charge < -0.3 is 19.2 Å². The van der Waals surface area contributed by atoms with Crippen molar-refractivity contribution in [3.8, 4) is 23.0 Å². The van der Waals surface area contributed by atoms with Crippen LogP contribution in [0.25, 0.3) is 11.5 Å². The van der Waals surface area contributed by atoms with E-state index in [0.29, 0.717) is 28.9 Å². The van der Waals surface area contributed by atoms with E-state index < -0.39 is 0 Å². The molecule has 0 unspecified atom stereocenters. The Bertz CT molecular complexity index is 1100. The molecule has 168 valence electrons. The molecule has 1 aliphatic carbocycles. The summed E-state index contributed by atoms with van der Waals surface area (Å²) in [5, 5.41) is 3.20. The van der Waals surface area contributed by atoms with Crippen molar-refractivity contribution in [2.45, 2.75) is 38.0 Å². The lowest BCUT2D eigenvalue weighted by molar-refractivity contribution is -0.119. The van der Waals surface area contributed by atoms with Crippen molar-refractivity contribution in [1.29, 1.82) is 0 Å². The van der Waals surface area contributed by atoms with Crippen LogP contribution in [0.1, 0.15) is 41.5 Å². The monoisotopic (exact) mass is 452 g/mol. The molecule has 1 heterocycles. The predicted octanol–water partition coefficient (Wildman–Crippen LogP) is 5.09. The van der Waals surface area contributed by atoms with E-state index in [1.54, 1.807) is 26.0 Å². The number of nitrogens with one attached hydrogen (secondary N) is 1. The molecule has 7 heteroatoms. The van der Waals surface area contributed by atoms with E-state index in [4.69, 9.17) is 13.9 Å². The zero-order chi connectivity index (χ0) is 22.5. The lowest BCUT2D eigenvalue weighted by atomic mass is 9.88. The molecule has 1 atom stereocenters. The second-order valence-corrected chi connectivity index (χ2v) is 8.78. The molecule has 1 amide bonds. The first-order valence-electron chi connectivity index (χ1n) is 10.7. The van der Waals surface area contributed by atoms with Gasteiger partial charge in [-0.15, -0.1) is 11.8 Å². The number of aryl methyl sites for hydroxylation is 2. The zero-order valence-electron chi connectivity index (χ0n) is 18.6. The largest absolute Gasteiger partial charge is 0.493 e. The van der Waals surface area contributed by atoms with Crippen molar-refractivity contribution in [1.82, 2.24) is 10.3 Å². The lowest BCUT2D eigenvalue weighted by Gasteiger charge is -2.26. The molecule has 4 rings (SSSR count). The molecule has 6 nitrogen and oxygen atoms in total. The lowest BCUT2D eigenvalue weighted by Crippen LogP contribution is -2.32. The third-order valence-corrected chi connectivity index (χ3v) is 6.64. The Balaban J connectivity index is 1.34. The van der Waals surface area contributed by atoms with Crippen LogP contribution in [-0.2, 0) is 17.0 Å². The first-order chi connectivity index (χ1) is 15.6. The van der Waals surface area contributed by atoms with Gasteiger partial charge in [0.05, 0.1) is 31.7 Å². The molecule has 0 saturated heterocycles. The highest BCUT2D eigenvalue weighted by molar-refractivity contribution is 7.99. The van der Waals surface area contributed by atoms with E-state index in [2.05, 4.69) is 28.5 Å². The number of aromatic nitrogens is 1. The van der Waals surface area contributed by atoms with Crippen LogP contribution in [0.3, 0.4) is 0 Å². The smallest absolute Gasteiger partial charge is 0.230 e. The molecule has 0 aliphatic heterocycles. The number of ether oxygens (including phenoxy) is 2. The fourth-order valence-corrected chi connectivity index (χ4v) is 4.87. The SMILES string of the molecule is COc1ccc(-c2nc(CSCC(=O)N[C@H]3CCCc4ccccc43)c(C)o2)cc1OC. The first-order valence-corrected chi connectivity index (χ1v) is 11.9. The quantitative estimate of drug-likeness (QED) is 0.513. The van der Waals surface area contributed by atoms with Crippen LogP contribution in [0.4, 0.5) is 0 Å². The Labute approximate surface area is 192 Å². The number of rotatable bonds is 8. The van der Waals surface area contributed by atoms with Crippen LogP contribution in [0, 0.1) is 6.92 Å². The second kappa shape index (κ2) is 10.1. The third-order valence-electron chi connectivity index (χ3n) is 5.70. The molecule has 3 aromatic rings. The Morgan fingerprint density at radius 2 is 2.00 bits per heavy atom. The summed E-state index contributed by atoms with van der Waals surface area (Å²) in [5.74, 6) is 3.61. The van der Waals surface area contributed by atoms with Crippen molar-refractivity contribution in [2.24, 2.45) is 0 Å². The molecule has 0 saturated carbocycles. The predicted molar refractivity (Wildman–Crippen MR) is 126 cm³/mol. The molecule has 0 spiro atoms. The van der Waals surface area contributed by atoms with Gasteiger partial charge in [0.2, 0.25) is 11.8 Å². The number of hydrogen-bond donors (Lipinski definition) is 1. The Morgan fingerprint density at radius 3 is 2.81 bits per heavy atom. The van der Waals surface area contributed by atoms with Gasteiger partial charge >= 0.3 is 0 Å². The number of fused-ring (bicyclic) bond motifs is 1. The standard InChI is InChI=1S/C25H28N2O4S/c1-16-21(27-25(31-16)18-11-12-22(29-2)23(13-18)30-3)14-32-15-24(28)26-20-10-6-8-17-7-4-5-9-19(17)20/h4-5,7,9,11-13,20H,6,8,10,14-15H2,1-3H3,(H,26,28)/t20-/m0/s1. The molecule has 2 aromatic carbocycles. The molecule has 32 heavy (non-hydrogen) atoms. The minimum atomic E-state index is 0.0537. The number of nitrogens with zero attached hydrogens (tertiary/aromatic N) is 1. The highest BCUT2D eigenvalue weighted by atomic mass is 32.2. The van der Waals surface area contributed by atoms with E-state index >= 15 is 0 Å². The number of oxazole rings is 1. The van der Waals surface area contributed by atoms with E-state index in [1.807, 2.05) is 31.2 Å². The third kappa shape index (κ3) is 4.93. The van der Waals surface area contributed by atoms with Crippen LogP contribution >= 0.6 is 11.8 Å². The zero-order valence-corrected chi connectivity index (χ0v) is 19.5. The molecule has 0 fully saturated rings. The minimum Gasteiger partial charge on any atom is -0.493 e. The van der Waals surface area contributed by atoms with E-state index in [1.165, 1.54) is 11.1 Å². The number of carbonyl (C=O) groups excluding carboxylic acids is 1. The minimum absolute atomic E-state index is 0.0537. The number of hydrogen-bond acceptors (Lipinski definition) is 6. The molecule has 1 aliphatic rings. The number of benzene rings is 2. The Morgan fingerprint density at radius 1 is 1.19 bits per heavy atom. The van der Waals surface area contributed by atoms with Crippen LogP contribution < -0.4 is 14.8 Å². The highest BCUT2D eigenvalue weighted by Gasteiger charge is 2.21. The maximum atomic E-state index is 12.6. The van der Waals surface area contributed by atoms with Crippen LogP contribution in [0.15, 0.2) is 46.9 Å². The second-order valence-electron chi connectivity index (χ2n) is 7.80. The van der Waals surface area contributed by atoms with Gasteiger partial charge in [-0.1, -0.05) is 24.3 Å². The van der Waals surface area contributed by atoms with Gasteiger partial charge in [-0.05, 0) is 55.5 Å². The van der Waals surface area contributed by atoms with Gasteiger partial charge in [-0.25, -0.2) is 4.98 Å². The average Bonchev–Trinajstić information content (AvgIpc) is 3.19. The van der Waals surface area contributed by atoms with Crippen LogP contribution in [0.2, 0.25) is 0 Å². The Kier molecular flexibility index (Phi) is 7.05. The van der Waals surface area contributed by atoms with Crippen molar-refractivity contribution >= 4 is 17.7 Å². The van der Waals surface area contributed by atoms with Crippen molar-refractivity contribution in [3.05, 3.63) is 65.0 Å². The van der Waals surface area contributed by atoms with Crippen LogP contribution in [0.5, 0.6) is 11.5 Å². The summed E-state index contributed by atoms with van der Waals surface area (Å²) in [6.07, 6.45) is 3.18. The summed E-state index contributed by atoms with van der Waals surface area (Å²) >= 11 is 1.54. The van der Waals surface area contributed by atoms with Crippen molar-refractivity contribution in [2.75, 3.05) is 20.0 Å². The van der Waals surface area contributed by atoms with Gasteiger partial charge in [-0.3, -0.25) is 4.79 Å².